The first-order valence-corrected chi connectivity index (χ1v) is 4.25. The van der Waals surface area contributed by atoms with E-state index in [2.05, 4.69) is 10.3 Å². The van der Waals surface area contributed by atoms with E-state index >= 15 is 0 Å². The van der Waals surface area contributed by atoms with E-state index in [1.165, 1.54) is 0 Å². The Labute approximate surface area is 76.2 Å². The number of aldehydes is 1. The van der Waals surface area contributed by atoms with Crippen LogP contribution in [0.3, 0.4) is 0 Å². The van der Waals surface area contributed by atoms with E-state index in [9.17, 15) is 4.79 Å². The summed E-state index contributed by atoms with van der Waals surface area (Å²) in [6, 6.07) is 2.15. The molecule has 1 saturated heterocycles. The summed E-state index contributed by atoms with van der Waals surface area (Å²) >= 11 is 0. The van der Waals surface area contributed by atoms with Crippen LogP contribution in [0.5, 0.6) is 0 Å². The monoisotopic (exact) mass is 177 g/mol. The van der Waals surface area contributed by atoms with Crippen molar-refractivity contribution in [2.45, 2.75) is 12.5 Å². The lowest BCUT2D eigenvalue weighted by Gasteiger charge is -2.27. The minimum Gasteiger partial charge on any atom is -0.383 e. The van der Waals surface area contributed by atoms with Crippen molar-refractivity contribution in [2.75, 3.05) is 12.3 Å². The van der Waals surface area contributed by atoms with E-state index in [1.54, 1.807) is 12.3 Å². The van der Waals surface area contributed by atoms with Crippen LogP contribution < -0.4 is 11.1 Å². The SMILES string of the molecule is Nc1ncc([C@H]2CCN2)cc1C=O. The number of hydrogen-bond donors (Lipinski definition) is 2. The van der Waals surface area contributed by atoms with E-state index < -0.39 is 0 Å². The Balaban J connectivity index is 2.31. The largest absolute Gasteiger partial charge is 0.383 e. The maximum absolute atomic E-state index is 10.6. The number of pyridine rings is 1. The standard InChI is InChI=1S/C9H11N3O/c10-9-7(5-13)3-6(4-12-9)8-1-2-11-8/h3-5,8,11H,1-2H2,(H2,10,12)/t8-/m1/s1. The van der Waals surface area contributed by atoms with E-state index in [1.807, 2.05) is 0 Å². The maximum atomic E-state index is 10.6. The van der Waals surface area contributed by atoms with Crippen molar-refractivity contribution in [2.24, 2.45) is 0 Å². The van der Waals surface area contributed by atoms with Crippen LogP contribution in [0, 0.1) is 0 Å². The number of nitrogens with one attached hydrogen (secondary N) is 1. The highest BCUT2D eigenvalue weighted by atomic mass is 16.1. The van der Waals surface area contributed by atoms with E-state index in [4.69, 9.17) is 5.73 Å². The van der Waals surface area contributed by atoms with Crippen LogP contribution in [0.1, 0.15) is 28.4 Å². The molecule has 0 aromatic carbocycles. The number of hydrogen-bond acceptors (Lipinski definition) is 4. The number of anilines is 1. The summed E-state index contributed by atoms with van der Waals surface area (Å²) in [6.45, 7) is 1.03. The summed E-state index contributed by atoms with van der Waals surface area (Å²) in [5, 5.41) is 3.24. The molecule has 2 heterocycles. The van der Waals surface area contributed by atoms with Crippen molar-refractivity contribution in [1.82, 2.24) is 10.3 Å². The number of carbonyl (C=O) groups is 1. The average Bonchev–Trinajstić information content (AvgIpc) is 2.05. The zero-order valence-corrected chi connectivity index (χ0v) is 7.16. The van der Waals surface area contributed by atoms with Gasteiger partial charge in [-0.2, -0.15) is 0 Å². The second-order valence-electron chi connectivity index (χ2n) is 3.16. The number of nitrogens with two attached hydrogens (primary N) is 1. The average molecular weight is 177 g/mol. The topological polar surface area (TPSA) is 68.0 Å². The van der Waals surface area contributed by atoms with Crippen molar-refractivity contribution < 1.29 is 4.79 Å². The third-order valence-electron chi connectivity index (χ3n) is 2.32. The molecule has 3 N–H and O–H groups in total. The number of nitrogens with zero attached hydrogens (tertiary/aromatic N) is 1. The zero-order valence-electron chi connectivity index (χ0n) is 7.16. The van der Waals surface area contributed by atoms with Crippen LogP contribution in [0.4, 0.5) is 5.82 Å². The van der Waals surface area contributed by atoms with E-state index in [0.717, 1.165) is 24.8 Å². The predicted octanol–water partition coefficient (Wildman–Crippen LogP) is 0.511. The minimum atomic E-state index is 0.304. The van der Waals surface area contributed by atoms with Gasteiger partial charge in [0.05, 0.1) is 5.56 Å². The molecule has 4 heteroatoms. The molecule has 1 atom stereocenters. The van der Waals surface area contributed by atoms with Crippen molar-refractivity contribution in [3.05, 3.63) is 23.4 Å². The molecule has 0 bridgehead atoms. The lowest BCUT2D eigenvalue weighted by molar-refractivity contribution is 0.112. The number of carbonyl (C=O) groups excluding carboxylic acids is 1. The van der Waals surface area contributed by atoms with Crippen molar-refractivity contribution in [1.29, 1.82) is 0 Å². The summed E-state index contributed by atoms with van der Waals surface area (Å²) in [5.74, 6) is 0.304. The Morgan fingerprint density at radius 1 is 1.69 bits per heavy atom. The van der Waals surface area contributed by atoms with Crippen LogP contribution in [0.15, 0.2) is 12.3 Å². The van der Waals surface area contributed by atoms with Gasteiger partial charge in [-0.1, -0.05) is 0 Å². The highest BCUT2D eigenvalue weighted by Gasteiger charge is 2.19. The van der Waals surface area contributed by atoms with Gasteiger partial charge in [0.15, 0.2) is 6.29 Å². The lowest BCUT2D eigenvalue weighted by atomic mass is 9.98. The highest BCUT2D eigenvalue weighted by Crippen LogP contribution is 2.23. The van der Waals surface area contributed by atoms with Crippen LogP contribution >= 0.6 is 0 Å². The molecule has 1 fully saturated rings. The molecular formula is C9H11N3O. The second-order valence-corrected chi connectivity index (χ2v) is 3.16. The molecule has 1 aromatic heterocycles. The number of nitrogen functional groups attached to an aromatic ring is 1. The molecular weight excluding hydrogens is 166 g/mol. The smallest absolute Gasteiger partial charge is 0.153 e. The summed E-state index contributed by atoms with van der Waals surface area (Å²) in [7, 11) is 0. The summed E-state index contributed by atoms with van der Waals surface area (Å²) < 4.78 is 0. The van der Waals surface area contributed by atoms with Gasteiger partial charge in [-0.3, -0.25) is 4.79 Å². The van der Waals surface area contributed by atoms with Gasteiger partial charge in [0.25, 0.3) is 0 Å². The molecule has 0 spiro atoms. The molecule has 4 nitrogen and oxygen atoms in total. The first-order chi connectivity index (χ1) is 6.31. The van der Waals surface area contributed by atoms with Crippen LogP contribution in [-0.2, 0) is 0 Å². The molecule has 1 aliphatic heterocycles. The summed E-state index contributed by atoms with van der Waals surface area (Å²) in [6.07, 6.45) is 3.56. The Bertz CT molecular complexity index is 334. The van der Waals surface area contributed by atoms with Crippen LogP contribution in [0.2, 0.25) is 0 Å². The van der Waals surface area contributed by atoms with Gasteiger partial charge in [-0.05, 0) is 24.6 Å². The zero-order chi connectivity index (χ0) is 9.26. The Morgan fingerprint density at radius 2 is 2.46 bits per heavy atom. The summed E-state index contributed by atoms with van der Waals surface area (Å²) in [5.41, 5.74) is 7.02. The molecule has 0 saturated carbocycles. The van der Waals surface area contributed by atoms with Crippen molar-refractivity contribution in [3.63, 3.8) is 0 Å². The van der Waals surface area contributed by atoms with Crippen LogP contribution in [-0.4, -0.2) is 17.8 Å². The molecule has 1 aromatic rings. The molecule has 0 amide bonds. The fraction of sp³-hybridized carbons (Fsp3) is 0.333. The molecule has 2 rings (SSSR count). The minimum absolute atomic E-state index is 0.304. The fourth-order valence-electron chi connectivity index (χ4n) is 1.37. The highest BCUT2D eigenvalue weighted by molar-refractivity contribution is 5.81. The van der Waals surface area contributed by atoms with Gasteiger partial charge < -0.3 is 11.1 Å². The Kier molecular flexibility index (Phi) is 1.98. The quantitative estimate of drug-likeness (QED) is 0.646. The van der Waals surface area contributed by atoms with E-state index in [0.29, 0.717) is 17.4 Å². The third-order valence-corrected chi connectivity index (χ3v) is 2.32. The normalized spacial score (nSPS) is 20.8. The van der Waals surface area contributed by atoms with Gasteiger partial charge in [-0.15, -0.1) is 0 Å². The fourth-order valence-corrected chi connectivity index (χ4v) is 1.37. The number of rotatable bonds is 2. The van der Waals surface area contributed by atoms with Gasteiger partial charge in [-0.25, -0.2) is 4.98 Å². The van der Waals surface area contributed by atoms with Gasteiger partial charge >= 0.3 is 0 Å². The maximum Gasteiger partial charge on any atom is 0.153 e. The van der Waals surface area contributed by atoms with Gasteiger partial charge in [0.2, 0.25) is 0 Å². The number of aromatic nitrogens is 1. The van der Waals surface area contributed by atoms with Crippen LogP contribution in [0.25, 0.3) is 0 Å². The first-order valence-electron chi connectivity index (χ1n) is 4.25. The molecule has 0 unspecified atom stereocenters. The lowest BCUT2D eigenvalue weighted by Crippen LogP contribution is -2.35. The Morgan fingerprint density at radius 3 is 3.00 bits per heavy atom. The van der Waals surface area contributed by atoms with Crippen molar-refractivity contribution >= 4 is 12.1 Å². The Hall–Kier alpha value is -1.42. The molecule has 0 aliphatic carbocycles. The third kappa shape index (κ3) is 1.40. The molecule has 0 radical (unpaired) electrons. The summed E-state index contributed by atoms with van der Waals surface area (Å²) in [4.78, 5) is 14.5. The van der Waals surface area contributed by atoms with Crippen molar-refractivity contribution in [3.8, 4) is 0 Å². The molecule has 13 heavy (non-hydrogen) atoms. The van der Waals surface area contributed by atoms with Gasteiger partial charge in [0.1, 0.15) is 5.82 Å². The predicted molar refractivity (Wildman–Crippen MR) is 49.4 cm³/mol. The van der Waals surface area contributed by atoms with Gasteiger partial charge in [0, 0.05) is 12.2 Å². The second kappa shape index (κ2) is 3.14. The molecule has 1 aliphatic rings. The van der Waals surface area contributed by atoms with E-state index in [-0.39, 0.29) is 0 Å². The first kappa shape index (κ1) is 8.19. The molecule has 68 valence electrons.